The highest BCUT2D eigenvalue weighted by atomic mass is 19.1. The number of hydrogen-bond acceptors (Lipinski definition) is 6. The largest absolute Gasteiger partial charge is 0.477 e. The van der Waals surface area contributed by atoms with Crippen LogP contribution in [0.25, 0.3) is 16.6 Å². The lowest BCUT2D eigenvalue weighted by Crippen LogP contribution is -2.35. The Bertz CT molecular complexity index is 1510. The lowest BCUT2D eigenvalue weighted by Gasteiger charge is -2.28. The van der Waals surface area contributed by atoms with Crippen LogP contribution in [0.5, 0.6) is 5.88 Å². The van der Waals surface area contributed by atoms with Crippen molar-refractivity contribution in [3.05, 3.63) is 94.2 Å². The first kappa shape index (κ1) is 24.5. The highest BCUT2D eigenvalue weighted by Crippen LogP contribution is 2.32. The highest BCUT2D eigenvalue weighted by Gasteiger charge is 2.29. The average Bonchev–Trinajstić information content (AvgIpc) is 3.37. The van der Waals surface area contributed by atoms with Crippen LogP contribution in [0.3, 0.4) is 0 Å². The molecule has 37 heavy (non-hydrogen) atoms. The number of rotatable bonds is 8. The number of para-hydroxylation sites is 1. The Morgan fingerprint density at radius 3 is 2.73 bits per heavy atom. The number of carbonyl (C=O) groups is 1. The van der Waals surface area contributed by atoms with Crippen LogP contribution in [0.4, 0.5) is 10.1 Å². The van der Waals surface area contributed by atoms with Crippen LogP contribution in [0.2, 0.25) is 0 Å². The molecule has 1 N–H and O–H groups in total. The van der Waals surface area contributed by atoms with Gasteiger partial charge in [0, 0.05) is 43.1 Å². The van der Waals surface area contributed by atoms with E-state index in [0.29, 0.717) is 35.9 Å². The van der Waals surface area contributed by atoms with E-state index in [2.05, 4.69) is 4.98 Å². The van der Waals surface area contributed by atoms with Crippen LogP contribution in [-0.2, 0) is 11.3 Å². The van der Waals surface area contributed by atoms with Gasteiger partial charge in [-0.2, -0.15) is 0 Å². The molecule has 0 bridgehead atoms. The summed E-state index contributed by atoms with van der Waals surface area (Å²) in [6.45, 7) is 1.23. The van der Waals surface area contributed by atoms with Crippen LogP contribution in [0, 0.1) is 5.82 Å². The van der Waals surface area contributed by atoms with Crippen LogP contribution in [-0.4, -0.2) is 46.9 Å². The Balaban J connectivity index is 1.63. The second kappa shape index (κ2) is 10.4. The zero-order chi connectivity index (χ0) is 25.9. The maximum absolute atomic E-state index is 15.5. The molecule has 0 unspecified atom stereocenters. The molecule has 1 atom stereocenters. The summed E-state index contributed by atoms with van der Waals surface area (Å²) in [5, 5.41) is 9.69. The Kier molecular flexibility index (Phi) is 6.87. The van der Waals surface area contributed by atoms with Gasteiger partial charge in [-0.15, -0.1) is 0 Å². The van der Waals surface area contributed by atoms with E-state index in [1.165, 1.54) is 6.20 Å². The standard InChI is InChI=1S/C28H26FN3O5/c1-36-16-18-7-2-3-9-23(18)32-15-21(28(34)35)27(33)20-13-22(29)25(14-24(20)32)31-12-6-8-19(31)17-37-26-10-4-5-11-30-26/h2-5,7,9-11,13-15,19H,6,8,12,16-17H2,1H3,(H,34,35)/t19-/m1/s1. The molecule has 3 heterocycles. The molecule has 0 radical (unpaired) electrons. The minimum atomic E-state index is -1.37. The number of nitrogens with zero attached hydrogens (tertiary/aromatic N) is 3. The van der Waals surface area contributed by atoms with Gasteiger partial charge in [0.25, 0.3) is 0 Å². The predicted molar refractivity (Wildman–Crippen MR) is 137 cm³/mol. The average molecular weight is 504 g/mol. The summed E-state index contributed by atoms with van der Waals surface area (Å²) in [5.41, 5.74) is 1.01. The van der Waals surface area contributed by atoms with Crippen molar-refractivity contribution in [3.63, 3.8) is 0 Å². The maximum Gasteiger partial charge on any atom is 0.341 e. The van der Waals surface area contributed by atoms with Gasteiger partial charge in [0.2, 0.25) is 11.3 Å². The molecule has 9 heteroatoms. The van der Waals surface area contributed by atoms with Crippen LogP contribution in [0.15, 0.2) is 71.8 Å². The molecule has 2 aromatic carbocycles. The Hall–Kier alpha value is -4.24. The van der Waals surface area contributed by atoms with Crippen LogP contribution in [0.1, 0.15) is 28.8 Å². The monoisotopic (exact) mass is 503 g/mol. The highest BCUT2D eigenvalue weighted by molar-refractivity contribution is 5.94. The summed E-state index contributed by atoms with van der Waals surface area (Å²) >= 11 is 0. The number of methoxy groups -OCH3 is 1. The van der Waals surface area contributed by atoms with Crippen molar-refractivity contribution in [1.82, 2.24) is 9.55 Å². The second-order valence-electron chi connectivity index (χ2n) is 8.90. The molecular weight excluding hydrogens is 477 g/mol. The topological polar surface area (TPSA) is 93.9 Å². The van der Waals surface area contributed by atoms with E-state index in [0.717, 1.165) is 24.5 Å². The van der Waals surface area contributed by atoms with Crippen molar-refractivity contribution in [1.29, 1.82) is 0 Å². The predicted octanol–water partition coefficient (Wildman–Crippen LogP) is 4.42. The van der Waals surface area contributed by atoms with Gasteiger partial charge in [0.05, 0.1) is 29.5 Å². The third-order valence-corrected chi connectivity index (χ3v) is 6.60. The van der Waals surface area contributed by atoms with Gasteiger partial charge in [0.1, 0.15) is 18.0 Å². The molecule has 2 aromatic heterocycles. The number of fused-ring (bicyclic) bond motifs is 1. The Morgan fingerprint density at radius 1 is 1.16 bits per heavy atom. The number of carboxylic acids is 1. The first-order chi connectivity index (χ1) is 18.0. The van der Waals surface area contributed by atoms with E-state index in [1.54, 1.807) is 36.1 Å². The maximum atomic E-state index is 15.5. The summed E-state index contributed by atoms with van der Waals surface area (Å²) < 4.78 is 28.4. The summed E-state index contributed by atoms with van der Waals surface area (Å²) in [5.74, 6) is -1.47. The van der Waals surface area contributed by atoms with E-state index < -0.39 is 22.8 Å². The van der Waals surface area contributed by atoms with Crippen LogP contribution < -0.4 is 15.1 Å². The van der Waals surface area contributed by atoms with Gasteiger partial charge in [-0.25, -0.2) is 14.2 Å². The molecule has 8 nitrogen and oxygen atoms in total. The van der Waals surface area contributed by atoms with Gasteiger partial charge < -0.3 is 24.0 Å². The minimum absolute atomic E-state index is 0.00569. The van der Waals surface area contributed by atoms with Crippen molar-refractivity contribution >= 4 is 22.6 Å². The first-order valence-corrected chi connectivity index (χ1v) is 12.0. The molecule has 0 spiro atoms. The van der Waals surface area contributed by atoms with Gasteiger partial charge in [-0.1, -0.05) is 24.3 Å². The molecule has 1 aliphatic rings. The summed E-state index contributed by atoms with van der Waals surface area (Å²) in [4.78, 5) is 31.1. The third-order valence-electron chi connectivity index (χ3n) is 6.60. The first-order valence-electron chi connectivity index (χ1n) is 12.0. The third kappa shape index (κ3) is 4.77. The molecule has 0 amide bonds. The van der Waals surface area contributed by atoms with E-state index in [4.69, 9.17) is 9.47 Å². The second-order valence-corrected chi connectivity index (χ2v) is 8.90. The number of benzene rings is 2. The van der Waals surface area contributed by atoms with E-state index in [1.807, 2.05) is 35.2 Å². The molecular formula is C28H26FN3O5. The van der Waals surface area contributed by atoms with Crippen molar-refractivity contribution in [2.24, 2.45) is 0 Å². The van der Waals surface area contributed by atoms with E-state index in [-0.39, 0.29) is 18.0 Å². The van der Waals surface area contributed by atoms with Crippen molar-refractivity contribution in [2.45, 2.75) is 25.5 Å². The molecule has 0 aliphatic carbocycles. The number of pyridine rings is 2. The van der Waals surface area contributed by atoms with E-state index >= 15 is 4.39 Å². The number of anilines is 1. The van der Waals surface area contributed by atoms with Crippen molar-refractivity contribution in [3.8, 4) is 11.6 Å². The van der Waals surface area contributed by atoms with E-state index in [9.17, 15) is 14.7 Å². The zero-order valence-electron chi connectivity index (χ0n) is 20.3. The fraction of sp³-hybridized carbons (Fsp3) is 0.250. The quantitative estimate of drug-likeness (QED) is 0.381. The number of ether oxygens (including phenoxy) is 2. The molecule has 1 fully saturated rings. The van der Waals surface area contributed by atoms with Crippen molar-refractivity contribution in [2.75, 3.05) is 25.2 Å². The van der Waals surface area contributed by atoms with Gasteiger partial charge >= 0.3 is 5.97 Å². The molecule has 190 valence electrons. The number of halogens is 1. The number of aromatic carboxylic acids is 1. The SMILES string of the molecule is COCc1ccccc1-n1cc(C(=O)O)c(=O)c2cc(F)c(N3CCC[C@@H]3COc3ccccn3)cc21. The summed E-state index contributed by atoms with van der Waals surface area (Å²) in [6.07, 6.45) is 4.62. The Labute approximate surface area is 212 Å². The number of hydrogen-bond donors (Lipinski definition) is 1. The van der Waals surface area contributed by atoms with Gasteiger partial charge in [0.15, 0.2) is 0 Å². The normalized spacial score (nSPS) is 15.3. The summed E-state index contributed by atoms with van der Waals surface area (Å²) in [7, 11) is 1.57. The molecule has 0 saturated carbocycles. The van der Waals surface area contributed by atoms with Crippen LogP contribution >= 0.6 is 0 Å². The van der Waals surface area contributed by atoms with Gasteiger partial charge in [-0.3, -0.25) is 4.79 Å². The molecule has 5 rings (SSSR count). The fourth-order valence-electron chi connectivity index (χ4n) is 4.87. The molecule has 1 aliphatic heterocycles. The Morgan fingerprint density at radius 2 is 1.97 bits per heavy atom. The smallest absolute Gasteiger partial charge is 0.341 e. The lowest BCUT2D eigenvalue weighted by atomic mass is 10.1. The number of carboxylic acid groups (broad SMARTS) is 1. The fourth-order valence-corrected chi connectivity index (χ4v) is 4.87. The van der Waals surface area contributed by atoms with Crippen molar-refractivity contribution < 1.29 is 23.8 Å². The molecule has 1 saturated heterocycles. The van der Waals surface area contributed by atoms with Gasteiger partial charge in [-0.05, 0) is 37.1 Å². The minimum Gasteiger partial charge on any atom is -0.477 e. The zero-order valence-corrected chi connectivity index (χ0v) is 20.3. The molecule has 4 aromatic rings. The number of aromatic nitrogens is 2. The lowest BCUT2D eigenvalue weighted by molar-refractivity contribution is 0.0695. The summed E-state index contributed by atoms with van der Waals surface area (Å²) in [6, 6.07) is 15.4.